The number of nitrogens with one attached hydrogen (secondary N) is 1. The second kappa shape index (κ2) is 9.19. The molecule has 0 radical (unpaired) electrons. The van der Waals surface area contributed by atoms with Crippen molar-refractivity contribution in [2.75, 3.05) is 11.4 Å². The van der Waals surface area contributed by atoms with Gasteiger partial charge in [0.15, 0.2) is 0 Å². The molecular formula is C22H23N3O2S. The summed E-state index contributed by atoms with van der Waals surface area (Å²) in [6.45, 7) is 3.84. The highest BCUT2D eigenvalue weighted by Crippen LogP contribution is 2.17. The maximum atomic E-state index is 12.1. The van der Waals surface area contributed by atoms with Crippen LogP contribution >= 0.6 is 0 Å². The smallest absolute Gasteiger partial charge is 0.276 e. The molecule has 0 atom stereocenters. The van der Waals surface area contributed by atoms with Gasteiger partial charge in [-0.1, -0.05) is 60.7 Å². The molecule has 0 spiro atoms. The SMILES string of the molecule is CCN(Cc1ccccc1)c1ccc(C=NNS(=O)(=O)c2ccccc2)cc1. The molecule has 0 fully saturated rings. The number of sulfonamides is 1. The molecular weight excluding hydrogens is 370 g/mol. The Morgan fingerprint density at radius 2 is 1.50 bits per heavy atom. The van der Waals surface area contributed by atoms with Crippen LogP contribution in [0.3, 0.4) is 0 Å². The van der Waals surface area contributed by atoms with Gasteiger partial charge in [-0.05, 0) is 42.3 Å². The van der Waals surface area contributed by atoms with Crippen LogP contribution in [0.25, 0.3) is 0 Å². The number of anilines is 1. The zero-order valence-electron chi connectivity index (χ0n) is 15.7. The molecule has 0 aliphatic heterocycles. The third kappa shape index (κ3) is 5.20. The lowest BCUT2D eigenvalue weighted by atomic mass is 10.1. The van der Waals surface area contributed by atoms with Gasteiger partial charge in [0.05, 0.1) is 11.1 Å². The summed E-state index contributed by atoms with van der Waals surface area (Å²) in [4.78, 5) is 4.69. The average Bonchev–Trinajstić information content (AvgIpc) is 2.74. The number of rotatable bonds is 8. The molecule has 0 aromatic heterocycles. The minimum Gasteiger partial charge on any atom is -0.367 e. The Labute approximate surface area is 166 Å². The Balaban J connectivity index is 1.64. The van der Waals surface area contributed by atoms with Crippen molar-refractivity contribution in [3.8, 4) is 0 Å². The van der Waals surface area contributed by atoms with Crippen LogP contribution in [-0.4, -0.2) is 21.2 Å². The van der Waals surface area contributed by atoms with E-state index in [2.05, 4.69) is 33.9 Å². The van der Waals surface area contributed by atoms with Crippen molar-refractivity contribution in [2.45, 2.75) is 18.4 Å². The van der Waals surface area contributed by atoms with Crippen LogP contribution < -0.4 is 9.73 Å². The average molecular weight is 394 g/mol. The second-order valence-corrected chi connectivity index (χ2v) is 7.92. The number of nitrogens with zero attached hydrogens (tertiary/aromatic N) is 2. The summed E-state index contributed by atoms with van der Waals surface area (Å²) in [5.41, 5.74) is 3.17. The van der Waals surface area contributed by atoms with Crippen LogP contribution in [-0.2, 0) is 16.6 Å². The van der Waals surface area contributed by atoms with Crippen molar-refractivity contribution in [3.05, 3.63) is 96.1 Å². The number of benzene rings is 3. The third-order valence-electron chi connectivity index (χ3n) is 4.30. The minimum atomic E-state index is -3.65. The monoisotopic (exact) mass is 393 g/mol. The quantitative estimate of drug-likeness (QED) is 0.464. The standard InChI is InChI=1S/C22H23N3O2S/c1-2-25(18-20-9-5-3-6-10-20)21-15-13-19(14-16-21)17-23-24-28(26,27)22-11-7-4-8-12-22/h3-17,24H,2,18H2,1H3. The first-order valence-corrected chi connectivity index (χ1v) is 10.6. The van der Waals surface area contributed by atoms with Crippen molar-refractivity contribution in [2.24, 2.45) is 5.10 Å². The highest BCUT2D eigenvalue weighted by Gasteiger charge is 2.11. The summed E-state index contributed by atoms with van der Waals surface area (Å²) in [7, 11) is -3.65. The molecule has 0 bridgehead atoms. The fourth-order valence-electron chi connectivity index (χ4n) is 2.78. The molecule has 0 amide bonds. The third-order valence-corrected chi connectivity index (χ3v) is 5.53. The van der Waals surface area contributed by atoms with E-state index in [1.165, 1.54) is 23.9 Å². The molecule has 0 aliphatic carbocycles. The van der Waals surface area contributed by atoms with E-state index in [0.717, 1.165) is 24.3 Å². The predicted molar refractivity (Wildman–Crippen MR) is 114 cm³/mol. The molecule has 0 aliphatic rings. The summed E-state index contributed by atoms with van der Waals surface area (Å²) in [5, 5.41) is 3.88. The number of hydrogen-bond acceptors (Lipinski definition) is 4. The summed E-state index contributed by atoms with van der Waals surface area (Å²) in [6.07, 6.45) is 1.50. The number of hydrazone groups is 1. The minimum absolute atomic E-state index is 0.182. The predicted octanol–water partition coefficient (Wildman–Crippen LogP) is 4.03. The maximum Gasteiger partial charge on any atom is 0.276 e. The van der Waals surface area contributed by atoms with Crippen LogP contribution in [0, 0.1) is 0 Å². The summed E-state index contributed by atoms with van der Waals surface area (Å²) >= 11 is 0. The fraction of sp³-hybridized carbons (Fsp3) is 0.136. The van der Waals surface area contributed by atoms with E-state index in [1.807, 2.05) is 42.5 Å². The lowest BCUT2D eigenvalue weighted by Gasteiger charge is -2.23. The Morgan fingerprint density at radius 3 is 2.11 bits per heavy atom. The van der Waals surface area contributed by atoms with E-state index in [0.29, 0.717) is 0 Å². The van der Waals surface area contributed by atoms with Crippen LogP contribution in [0.15, 0.2) is 94.9 Å². The van der Waals surface area contributed by atoms with E-state index in [4.69, 9.17) is 0 Å². The van der Waals surface area contributed by atoms with Crippen molar-refractivity contribution in [1.82, 2.24) is 4.83 Å². The molecule has 1 N–H and O–H groups in total. The van der Waals surface area contributed by atoms with Gasteiger partial charge in [0.25, 0.3) is 10.0 Å². The van der Waals surface area contributed by atoms with Gasteiger partial charge in [-0.2, -0.15) is 13.5 Å². The largest absolute Gasteiger partial charge is 0.367 e. The van der Waals surface area contributed by atoms with Crippen LogP contribution in [0.5, 0.6) is 0 Å². The van der Waals surface area contributed by atoms with Gasteiger partial charge in [-0.25, -0.2) is 4.83 Å². The van der Waals surface area contributed by atoms with Crippen LogP contribution in [0.1, 0.15) is 18.1 Å². The Hall–Kier alpha value is -3.12. The maximum absolute atomic E-state index is 12.1. The molecule has 5 nitrogen and oxygen atoms in total. The van der Waals surface area contributed by atoms with Gasteiger partial charge < -0.3 is 4.90 Å². The Kier molecular flexibility index (Phi) is 6.45. The van der Waals surface area contributed by atoms with Gasteiger partial charge >= 0.3 is 0 Å². The van der Waals surface area contributed by atoms with Crippen molar-refractivity contribution in [1.29, 1.82) is 0 Å². The molecule has 6 heteroatoms. The zero-order valence-corrected chi connectivity index (χ0v) is 16.5. The van der Waals surface area contributed by atoms with Gasteiger partial charge in [0, 0.05) is 18.8 Å². The first-order valence-electron chi connectivity index (χ1n) is 9.07. The topological polar surface area (TPSA) is 61.8 Å². The lowest BCUT2D eigenvalue weighted by molar-refractivity contribution is 0.584. The Bertz CT molecular complexity index is 1000. The van der Waals surface area contributed by atoms with Crippen molar-refractivity contribution in [3.63, 3.8) is 0 Å². The van der Waals surface area contributed by atoms with Crippen LogP contribution in [0.2, 0.25) is 0 Å². The summed E-state index contributed by atoms with van der Waals surface area (Å²) in [6, 6.07) is 26.4. The van der Waals surface area contributed by atoms with Gasteiger partial charge in [-0.15, -0.1) is 0 Å². The molecule has 0 heterocycles. The highest BCUT2D eigenvalue weighted by molar-refractivity contribution is 7.89. The van der Waals surface area contributed by atoms with Crippen molar-refractivity contribution >= 4 is 21.9 Å². The molecule has 3 rings (SSSR count). The molecule has 28 heavy (non-hydrogen) atoms. The molecule has 0 unspecified atom stereocenters. The molecule has 0 saturated heterocycles. The lowest BCUT2D eigenvalue weighted by Crippen LogP contribution is -2.21. The van der Waals surface area contributed by atoms with E-state index in [1.54, 1.807) is 18.2 Å². The summed E-state index contributed by atoms with van der Waals surface area (Å²) < 4.78 is 24.3. The first-order chi connectivity index (χ1) is 13.6. The van der Waals surface area contributed by atoms with Crippen molar-refractivity contribution < 1.29 is 8.42 Å². The molecule has 3 aromatic carbocycles. The van der Waals surface area contributed by atoms with E-state index in [-0.39, 0.29) is 4.90 Å². The van der Waals surface area contributed by atoms with E-state index < -0.39 is 10.0 Å². The summed E-state index contributed by atoms with van der Waals surface area (Å²) in [5.74, 6) is 0. The van der Waals surface area contributed by atoms with Gasteiger partial charge in [0.1, 0.15) is 0 Å². The fourth-order valence-corrected chi connectivity index (χ4v) is 3.60. The number of hydrogen-bond donors (Lipinski definition) is 1. The van der Waals surface area contributed by atoms with Crippen LogP contribution in [0.4, 0.5) is 5.69 Å². The highest BCUT2D eigenvalue weighted by atomic mass is 32.2. The second-order valence-electron chi connectivity index (χ2n) is 6.26. The first kappa shape index (κ1) is 19.6. The zero-order chi connectivity index (χ0) is 19.8. The Morgan fingerprint density at radius 1 is 0.893 bits per heavy atom. The molecule has 0 saturated carbocycles. The van der Waals surface area contributed by atoms with Gasteiger partial charge in [-0.3, -0.25) is 0 Å². The van der Waals surface area contributed by atoms with E-state index >= 15 is 0 Å². The normalized spacial score (nSPS) is 11.5. The molecule has 3 aromatic rings. The van der Waals surface area contributed by atoms with Gasteiger partial charge in [0.2, 0.25) is 0 Å². The van der Waals surface area contributed by atoms with E-state index in [9.17, 15) is 8.42 Å². The molecule has 144 valence electrons.